The Bertz CT molecular complexity index is 1010. The van der Waals surface area contributed by atoms with E-state index >= 15 is 0 Å². The molecule has 3 rings (SSSR count). The molecule has 12 heteroatoms. The molecule has 1 N–H and O–H groups in total. The summed E-state index contributed by atoms with van der Waals surface area (Å²) in [5.74, 6) is -4.21. The molecule has 0 amide bonds. The first-order chi connectivity index (χ1) is 13.6. The van der Waals surface area contributed by atoms with Crippen LogP contribution in [0.3, 0.4) is 0 Å². The lowest BCUT2D eigenvalue weighted by Crippen LogP contribution is -2.23. The van der Waals surface area contributed by atoms with Crippen molar-refractivity contribution in [2.45, 2.75) is 12.6 Å². The second-order valence-electron chi connectivity index (χ2n) is 5.73. The molecule has 3 aromatic rings. The Labute approximate surface area is 164 Å². The average molecular weight is 434 g/mol. The van der Waals surface area contributed by atoms with Crippen molar-refractivity contribution in [2.24, 2.45) is 0 Å². The molecule has 152 valence electrons. The molecule has 0 aliphatic heterocycles. The van der Waals surface area contributed by atoms with Crippen LogP contribution in [-0.2, 0) is 6.42 Å². The first kappa shape index (κ1) is 20.8. The van der Waals surface area contributed by atoms with Crippen LogP contribution in [0, 0.1) is 17.5 Å². The Balaban J connectivity index is 2.07. The quantitative estimate of drug-likeness (QED) is 0.472. The minimum absolute atomic E-state index is 0.0184. The van der Waals surface area contributed by atoms with Crippen LogP contribution in [0.4, 0.5) is 32.2 Å². The number of hydrogen-bond acceptors (Lipinski definition) is 5. The lowest BCUT2D eigenvalue weighted by atomic mass is 10.0. The van der Waals surface area contributed by atoms with Crippen molar-refractivity contribution in [1.29, 1.82) is 0 Å². The molecule has 0 aliphatic rings. The highest BCUT2D eigenvalue weighted by Crippen LogP contribution is 2.29. The standard InChI is InChI=1S/C17H10ClF6N5/c18-13-10(6-9-11(20)4-8(19)5-12(9)21)14(27-7-17(22,23)24)29-16(28-13)15-25-2-1-3-26-15/h1-5H,6-7H2,(H,27,28,29). The lowest BCUT2D eigenvalue weighted by Gasteiger charge is -2.15. The molecular formula is C17H10ClF6N5. The number of rotatable bonds is 5. The van der Waals surface area contributed by atoms with Crippen LogP contribution in [-0.4, -0.2) is 32.7 Å². The number of alkyl halides is 3. The summed E-state index contributed by atoms with van der Waals surface area (Å²) in [4.78, 5) is 15.6. The van der Waals surface area contributed by atoms with Crippen LogP contribution in [0.2, 0.25) is 5.15 Å². The number of halogens is 7. The van der Waals surface area contributed by atoms with Crippen molar-refractivity contribution < 1.29 is 26.3 Å². The molecular weight excluding hydrogens is 424 g/mol. The SMILES string of the molecule is Fc1cc(F)c(Cc2c(Cl)nc(-c3ncccn3)nc2NCC(F)(F)F)c(F)c1. The largest absolute Gasteiger partial charge is 0.405 e. The average Bonchev–Trinajstić information content (AvgIpc) is 2.64. The normalized spacial score (nSPS) is 11.6. The Morgan fingerprint density at radius 2 is 1.52 bits per heavy atom. The van der Waals surface area contributed by atoms with Crippen molar-refractivity contribution in [3.8, 4) is 11.6 Å². The van der Waals surface area contributed by atoms with Crippen molar-refractivity contribution >= 4 is 17.4 Å². The number of aromatic nitrogens is 4. The zero-order valence-electron chi connectivity index (χ0n) is 14.2. The minimum Gasteiger partial charge on any atom is -0.361 e. The molecule has 0 saturated carbocycles. The molecule has 0 aliphatic carbocycles. The van der Waals surface area contributed by atoms with Crippen LogP contribution in [0.1, 0.15) is 11.1 Å². The maximum Gasteiger partial charge on any atom is 0.405 e. The summed E-state index contributed by atoms with van der Waals surface area (Å²) in [7, 11) is 0. The van der Waals surface area contributed by atoms with E-state index in [2.05, 4.69) is 19.9 Å². The van der Waals surface area contributed by atoms with Gasteiger partial charge in [0.2, 0.25) is 5.82 Å². The summed E-state index contributed by atoms with van der Waals surface area (Å²) < 4.78 is 79.1. The monoisotopic (exact) mass is 433 g/mol. The molecule has 0 saturated heterocycles. The number of nitrogens with zero attached hydrogens (tertiary/aromatic N) is 4. The van der Waals surface area contributed by atoms with Gasteiger partial charge in [-0.3, -0.25) is 0 Å². The molecule has 29 heavy (non-hydrogen) atoms. The molecule has 2 heterocycles. The molecule has 0 radical (unpaired) electrons. The van der Waals surface area contributed by atoms with E-state index in [1.165, 1.54) is 18.5 Å². The van der Waals surface area contributed by atoms with Gasteiger partial charge in [-0.25, -0.2) is 33.1 Å². The van der Waals surface area contributed by atoms with E-state index in [9.17, 15) is 26.3 Å². The van der Waals surface area contributed by atoms with Crippen LogP contribution in [0.5, 0.6) is 0 Å². The van der Waals surface area contributed by atoms with E-state index in [0.29, 0.717) is 12.1 Å². The van der Waals surface area contributed by atoms with Gasteiger partial charge < -0.3 is 5.32 Å². The highest BCUT2D eigenvalue weighted by molar-refractivity contribution is 6.30. The van der Waals surface area contributed by atoms with Gasteiger partial charge in [0, 0.05) is 42.1 Å². The van der Waals surface area contributed by atoms with Gasteiger partial charge in [-0.2, -0.15) is 13.2 Å². The molecule has 0 bridgehead atoms. The zero-order chi connectivity index (χ0) is 21.2. The summed E-state index contributed by atoms with van der Waals surface area (Å²) in [6.45, 7) is -1.49. The second-order valence-corrected chi connectivity index (χ2v) is 6.09. The lowest BCUT2D eigenvalue weighted by molar-refractivity contribution is -0.115. The molecule has 0 unspecified atom stereocenters. The summed E-state index contributed by atoms with van der Waals surface area (Å²) in [6, 6.07) is 2.40. The number of hydrogen-bond donors (Lipinski definition) is 1. The van der Waals surface area contributed by atoms with Crippen molar-refractivity contribution in [2.75, 3.05) is 11.9 Å². The summed E-state index contributed by atoms with van der Waals surface area (Å²) in [5.41, 5.74) is -0.810. The Hall–Kier alpha value is -2.95. The Morgan fingerprint density at radius 3 is 2.10 bits per heavy atom. The number of benzene rings is 1. The highest BCUT2D eigenvalue weighted by atomic mass is 35.5. The van der Waals surface area contributed by atoms with E-state index in [-0.39, 0.29) is 22.4 Å². The fourth-order valence-corrected chi connectivity index (χ4v) is 2.61. The van der Waals surface area contributed by atoms with Crippen LogP contribution >= 0.6 is 11.6 Å². The molecule has 0 atom stereocenters. The van der Waals surface area contributed by atoms with Gasteiger partial charge in [0.15, 0.2) is 5.82 Å². The Morgan fingerprint density at radius 1 is 0.897 bits per heavy atom. The van der Waals surface area contributed by atoms with Crippen LogP contribution in [0.25, 0.3) is 11.6 Å². The maximum atomic E-state index is 14.0. The van der Waals surface area contributed by atoms with Crippen LogP contribution < -0.4 is 5.32 Å². The van der Waals surface area contributed by atoms with E-state index in [4.69, 9.17) is 11.6 Å². The van der Waals surface area contributed by atoms with Gasteiger partial charge in [0.25, 0.3) is 0 Å². The van der Waals surface area contributed by atoms with Gasteiger partial charge in [-0.1, -0.05) is 11.6 Å². The summed E-state index contributed by atoms with van der Waals surface area (Å²) in [6.07, 6.45) is -2.50. The maximum absolute atomic E-state index is 14.0. The number of anilines is 1. The Kier molecular flexibility index (Phi) is 5.87. The molecule has 0 fully saturated rings. The van der Waals surface area contributed by atoms with Crippen LogP contribution in [0.15, 0.2) is 30.6 Å². The predicted octanol–water partition coefficient (Wildman–Crippen LogP) is 4.57. The van der Waals surface area contributed by atoms with Crippen molar-refractivity contribution in [3.05, 3.63) is 64.3 Å². The summed E-state index contributed by atoms with van der Waals surface area (Å²) in [5, 5.41) is 1.67. The van der Waals surface area contributed by atoms with Crippen molar-refractivity contribution in [3.63, 3.8) is 0 Å². The van der Waals surface area contributed by atoms with Gasteiger partial charge in [0.05, 0.1) is 0 Å². The van der Waals surface area contributed by atoms with E-state index in [1.807, 2.05) is 5.32 Å². The fourth-order valence-electron chi connectivity index (χ4n) is 2.38. The smallest absolute Gasteiger partial charge is 0.361 e. The molecule has 0 spiro atoms. The van der Waals surface area contributed by atoms with E-state index in [0.717, 1.165) is 0 Å². The first-order valence-electron chi connectivity index (χ1n) is 7.92. The first-order valence-corrected chi connectivity index (χ1v) is 8.29. The van der Waals surface area contributed by atoms with Gasteiger partial charge in [-0.15, -0.1) is 0 Å². The third-order valence-corrected chi connectivity index (χ3v) is 3.95. The topological polar surface area (TPSA) is 63.6 Å². The van der Waals surface area contributed by atoms with Gasteiger partial charge >= 0.3 is 6.18 Å². The predicted molar refractivity (Wildman–Crippen MR) is 91.7 cm³/mol. The van der Waals surface area contributed by atoms with Crippen molar-refractivity contribution in [1.82, 2.24) is 19.9 Å². The zero-order valence-corrected chi connectivity index (χ0v) is 15.0. The van der Waals surface area contributed by atoms with Gasteiger partial charge in [-0.05, 0) is 6.07 Å². The van der Waals surface area contributed by atoms with E-state index in [1.54, 1.807) is 0 Å². The molecule has 2 aromatic heterocycles. The third-order valence-electron chi connectivity index (χ3n) is 3.64. The minimum atomic E-state index is -4.61. The second kappa shape index (κ2) is 8.19. The third kappa shape index (κ3) is 5.11. The fraction of sp³-hybridized carbons (Fsp3) is 0.176. The van der Waals surface area contributed by atoms with Gasteiger partial charge in [0.1, 0.15) is 35.0 Å². The summed E-state index contributed by atoms with van der Waals surface area (Å²) >= 11 is 6.07. The number of nitrogens with one attached hydrogen (secondary N) is 1. The van der Waals surface area contributed by atoms with E-state index < -0.39 is 48.0 Å². The molecule has 5 nitrogen and oxygen atoms in total. The molecule has 1 aromatic carbocycles. The highest BCUT2D eigenvalue weighted by Gasteiger charge is 2.28.